The molecule has 0 radical (unpaired) electrons. The molecule has 0 unspecified atom stereocenters. The molecule has 2 heterocycles. The predicted octanol–water partition coefficient (Wildman–Crippen LogP) is 14.1. The van der Waals surface area contributed by atoms with Gasteiger partial charge in [0, 0.05) is 32.6 Å². The maximum Gasteiger partial charge on any atom is 0.208 e. The van der Waals surface area contributed by atoms with Crippen LogP contribution in [0.3, 0.4) is 0 Å². The van der Waals surface area contributed by atoms with Gasteiger partial charge >= 0.3 is 0 Å². The molecule has 4 heteroatoms. The standard InChI is InChI=1S/C52H28N4/c1-54-43-28-34(55-44-25-22-31-12-2-5-15-35(31)48(44)49-36-16-6-3-13-32(36)23-26-45(49)55)29-47(42(43)30-53)56-46-27-24-33-14-4-7-17-37(33)50(46)51-40-20-10-8-18-38(40)39-19-9-11-21-41(39)52(51)56/h2-29H. The Labute approximate surface area is 320 Å². The Morgan fingerprint density at radius 3 is 1.38 bits per heavy atom. The molecule has 0 aliphatic heterocycles. The van der Waals surface area contributed by atoms with Crippen LogP contribution < -0.4 is 0 Å². The zero-order valence-corrected chi connectivity index (χ0v) is 30.0. The lowest BCUT2D eigenvalue weighted by Gasteiger charge is -2.17. The molecule has 256 valence electrons. The number of rotatable bonds is 2. The minimum absolute atomic E-state index is 0.317. The van der Waals surface area contributed by atoms with E-state index in [2.05, 4.69) is 184 Å². The summed E-state index contributed by atoms with van der Waals surface area (Å²) >= 11 is 0. The van der Waals surface area contributed by atoms with E-state index in [4.69, 9.17) is 6.57 Å². The van der Waals surface area contributed by atoms with Crippen LogP contribution in [-0.2, 0) is 0 Å². The molecule has 0 saturated heterocycles. The van der Waals surface area contributed by atoms with Crippen LogP contribution in [0.25, 0.3) is 114 Å². The smallest absolute Gasteiger partial charge is 0.208 e. The lowest BCUT2D eigenvalue weighted by Crippen LogP contribution is -2.02. The molecule has 0 aliphatic rings. The lowest BCUT2D eigenvalue weighted by molar-refractivity contribution is 1.13. The minimum Gasteiger partial charge on any atom is -0.310 e. The molecule has 0 fully saturated rings. The normalized spacial score (nSPS) is 11.9. The topological polar surface area (TPSA) is 38.0 Å². The molecule has 12 rings (SSSR count). The van der Waals surface area contributed by atoms with Crippen molar-refractivity contribution in [2.75, 3.05) is 0 Å². The van der Waals surface area contributed by atoms with Crippen molar-refractivity contribution in [1.82, 2.24) is 9.13 Å². The number of hydrogen-bond acceptors (Lipinski definition) is 1. The summed E-state index contributed by atoms with van der Waals surface area (Å²) in [5.41, 5.74) is 6.29. The third-order valence-electron chi connectivity index (χ3n) is 11.9. The molecule has 0 N–H and O–H groups in total. The van der Waals surface area contributed by atoms with E-state index in [1.807, 2.05) is 6.07 Å². The first-order valence-electron chi connectivity index (χ1n) is 18.8. The number of fused-ring (bicyclic) bond motifs is 17. The number of nitrogens with zero attached hydrogens (tertiary/aromatic N) is 4. The number of hydrogen-bond donors (Lipinski definition) is 0. The second-order valence-corrected chi connectivity index (χ2v) is 14.6. The molecule has 0 aliphatic carbocycles. The van der Waals surface area contributed by atoms with Gasteiger partial charge < -0.3 is 9.13 Å². The van der Waals surface area contributed by atoms with Crippen LogP contribution in [-0.4, -0.2) is 9.13 Å². The van der Waals surface area contributed by atoms with Gasteiger partial charge in [-0.05, 0) is 78.8 Å². The molecule has 2 aromatic heterocycles. The van der Waals surface area contributed by atoms with Crippen LogP contribution in [0.5, 0.6) is 0 Å². The molecule has 0 atom stereocenters. The maximum atomic E-state index is 11.0. The Kier molecular flexibility index (Phi) is 6.16. The number of benzene rings is 10. The molecule has 0 amide bonds. The first kappa shape index (κ1) is 30.5. The zero-order chi connectivity index (χ0) is 37.1. The van der Waals surface area contributed by atoms with E-state index in [1.165, 1.54) is 37.7 Å². The van der Waals surface area contributed by atoms with Gasteiger partial charge in [-0.15, -0.1) is 0 Å². The van der Waals surface area contributed by atoms with Gasteiger partial charge in [0.2, 0.25) is 5.69 Å². The Morgan fingerprint density at radius 1 is 0.429 bits per heavy atom. The summed E-state index contributed by atoms with van der Waals surface area (Å²) in [5.74, 6) is 0. The maximum absolute atomic E-state index is 11.0. The Balaban J connectivity index is 1.31. The van der Waals surface area contributed by atoms with E-state index in [0.29, 0.717) is 16.9 Å². The first-order chi connectivity index (χ1) is 27.7. The molecule has 12 aromatic rings. The fraction of sp³-hybridized carbons (Fsp3) is 0. The van der Waals surface area contributed by atoms with E-state index in [1.54, 1.807) is 0 Å². The van der Waals surface area contributed by atoms with E-state index >= 15 is 0 Å². The van der Waals surface area contributed by atoms with Crippen LogP contribution in [0.2, 0.25) is 0 Å². The van der Waals surface area contributed by atoms with E-state index < -0.39 is 0 Å². The van der Waals surface area contributed by atoms with Crippen molar-refractivity contribution >= 4 is 103 Å². The van der Waals surface area contributed by atoms with Gasteiger partial charge in [0.05, 0.1) is 46.0 Å². The molecule has 0 saturated carbocycles. The summed E-state index contributed by atoms with van der Waals surface area (Å²) in [4.78, 5) is 4.07. The second kappa shape index (κ2) is 11.3. The predicted molar refractivity (Wildman–Crippen MR) is 234 cm³/mol. The lowest BCUT2D eigenvalue weighted by atomic mass is 9.95. The quantitative estimate of drug-likeness (QED) is 0.130. The SMILES string of the molecule is [C-]#[N+]c1cc(-n2c3ccc4ccccc4c3c3c4ccccc4ccc32)cc(-n2c3ccc4ccccc4c3c3c4ccccc4c4ccccc4c32)c1C#N. The molecule has 0 bridgehead atoms. The van der Waals surface area contributed by atoms with Gasteiger partial charge in [-0.3, -0.25) is 0 Å². The van der Waals surface area contributed by atoms with Crippen LogP contribution in [0, 0.1) is 17.9 Å². The third-order valence-corrected chi connectivity index (χ3v) is 11.9. The van der Waals surface area contributed by atoms with Gasteiger partial charge in [0.15, 0.2) is 0 Å². The van der Waals surface area contributed by atoms with Gasteiger partial charge in [-0.25, -0.2) is 4.85 Å². The number of nitriles is 1. The second-order valence-electron chi connectivity index (χ2n) is 14.6. The van der Waals surface area contributed by atoms with Crippen molar-refractivity contribution in [3.05, 3.63) is 187 Å². The molecule has 4 nitrogen and oxygen atoms in total. The summed E-state index contributed by atoms with van der Waals surface area (Å²) < 4.78 is 4.56. The average molecular weight is 709 g/mol. The summed E-state index contributed by atoms with van der Waals surface area (Å²) in [6, 6.07) is 62.5. The summed E-state index contributed by atoms with van der Waals surface area (Å²) in [5, 5.41) is 27.2. The highest BCUT2D eigenvalue weighted by atomic mass is 15.0. The van der Waals surface area contributed by atoms with Gasteiger partial charge in [0.1, 0.15) is 0 Å². The highest BCUT2D eigenvalue weighted by molar-refractivity contribution is 6.36. The van der Waals surface area contributed by atoms with E-state index in [-0.39, 0.29) is 0 Å². The van der Waals surface area contributed by atoms with Gasteiger partial charge in [-0.2, -0.15) is 5.26 Å². The van der Waals surface area contributed by atoms with Crippen molar-refractivity contribution in [3.63, 3.8) is 0 Å². The Bertz CT molecular complexity index is 3700. The van der Waals surface area contributed by atoms with Crippen molar-refractivity contribution in [2.45, 2.75) is 0 Å². The van der Waals surface area contributed by atoms with E-state index in [9.17, 15) is 5.26 Å². The van der Waals surface area contributed by atoms with Crippen molar-refractivity contribution in [1.29, 1.82) is 5.26 Å². The zero-order valence-electron chi connectivity index (χ0n) is 30.0. The fourth-order valence-corrected chi connectivity index (χ4v) is 9.62. The van der Waals surface area contributed by atoms with Crippen LogP contribution in [0.1, 0.15) is 5.56 Å². The fourth-order valence-electron chi connectivity index (χ4n) is 9.62. The third kappa shape index (κ3) is 3.94. The highest BCUT2D eigenvalue weighted by Gasteiger charge is 2.25. The minimum atomic E-state index is 0.317. The van der Waals surface area contributed by atoms with Crippen LogP contribution in [0.4, 0.5) is 5.69 Å². The summed E-state index contributed by atoms with van der Waals surface area (Å²) in [6.45, 7) is 8.50. The average Bonchev–Trinajstić information content (AvgIpc) is 3.80. The molecular formula is C52H28N4. The number of aromatic nitrogens is 2. The van der Waals surface area contributed by atoms with Crippen molar-refractivity contribution in [3.8, 4) is 17.4 Å². The van der Waals surface area contributed by atoms with E-state index in [0.717, 1.165) is 65.5 Å². The largest absolute Gasteiger partial charge is 0.310 e. The highest BCUT2D eigenvalue weighted by Crippen LogP contribution is 2.47. The van der Waals surface area contributed by atoms with Gasteiger partial charge in [0.25, 0.3) is 0 Å². The monoisotopic (exact) mass is 708 g/mol. The molecule has 56 heavy (non-hydrogen) atoms. The molecule has 10 aromatic carbocycles. The van der Waals surface area contributed by atoms with Crippen molar-refractivity contribution < 1.29 is 0 Å². The first-order valence-corrected chi connectivity index (χ1v) is 18.8. The summed E-state index contributed by atoms with van der Waals surface area (Å²) in [6.07, 6.45) is 0. The van der Waals surface area contributed by atoms with Crippen molar-refractivity contribution in [2.24, 2.45) is 0 Å². The molecule has 0 spiro atoms. The van der Waals surface area contributed by atoms with Crippen LogP contribution >= 0.6 is 0 Å². The van der Waals surface area contributed by atoms with Crippen LogP contribution in [0.15, 0.2) is 170 Å². The van der Waals surface area contributed by atoms with Gasteiger partial charge in [-0.1, -0.05) is 140 Å². The summed E-state index contributed by atoms with van der Waals surface area (Å²) in [7, 11) is 0. The molecular weight excluding hydrogens is 681 g/mol. The Morgan fingerprint density at radius 2 is 0.857 bits per heavy atom. The Hall–Kier alpha value is -7.92.